The lowest BCUT2D eigenvalue weighted by Gasteiger charge is -2.06. The first kappa shape index (κ1) is 11.5. The first-order valence-corrected chi connectivity index (χ1v) is 6.02. The minimum atomic E-state index is -0.197. The molecule has 0 aliphatic heterocycles. The lowest BCUT2D eigenvalue weighted by Crippen LogP contribution is -2.13. The maximum atomic E-state index is 12.1. The smallest absolute Gasteiger partial charge is 0.274 e. The van der Waals surface area contributed by atoms with Crippen molar-refractivity contribution in [2.45, 2.75) is 0 Å². The van der Waals surface area contributed by atoms with Crippen LogP contribution in [0.3, 0.4) is 0 Å². The topological polar surface area (TPSA) is 46.9 Å². The van der Waals surface area contributed by atoms with Gasteiger partial charge < -0.3 is 9.88 Å². The molecule has 2 aromatic heterocycles. The van der Waals surface area contributed by atoms with E-state index in [-0.39, 0.29) is 5.91 Å². The molecular weight excluding hydrogens is 238 g/mol. The number of fused-ring (bicyclic) bond motifs is 1. The summed E-state index contributed by atoms with van der Waals surface area (Å²) in [5.74, 6) is -0.197. The predicted molar refractivity (Wildman–Crippen MR) is 75.1 cm³/mol. The number of carbonyl (C=O) groups is 1. The number of anilines is 1. The van der Waals surface area contributed by atoms with Crippen LogP contribution >= 0.6 is 0 Å². The molecule has 0 saturated heterocycles. The third-order valence-electron chi connectivity index (χ3n) is 3.07. The zero-order valence-electron chi connectivity index (χ0n) is 10.5. The molecule has 0 unspecified atom stereocenters. The van der Waals surface area contributed by atoms with Crippen LogP contribution in [0.5, 0.6) is 0 Å². The van der Waals surface area contributed by atoms with Crippen LogP contribution in [0.4, 0.5) is 5.69 Å². The summed E-state index contributed by atoms with van der Waals surface area (Å²) in [7, 11) is 1.98. The van der Waals surface area contributed by atoms with Crippen molar-refractivity contribution in [1.29, 1.82) is 0 Å². The van der Waals surface area contributed by atoms with Crippen molar-refractivity contribution < 1.29 is 4.79 Å². The molecule has 0 fully saturated rings. The average Bonchev–Trinajstić information content (AvgIpc) is 2.83. The lowest BCUT2D eigenvalue weighted by molar-refractivity contribution is 0.102. The van der Waals surface area contributed by atoms with E-state index in [1.54, 1.807) is 24.4 Å². The third-order valence-corrected chi connectivity index (χ3v) is 3.07. The van der Waals surface area contributed by atoms with E-state index in [2.05, 4.69) is 10.3 Å². The number of hydrogen-bond donors (Lipinski definition) is 1. The Morgan fingerprint density at radius 3 is 2.84 bits per heavy atom. The third kappa shape index (κ3) is 2.08. The zero-order chi connectivity index (χ0) is 13.2. The second kappa shape index (κ2) is 4.57. The predicted octanol–water partition coefficient (Wildman–Crippen LogP) is 2.83. The van der Waals surface area contributed by atoms with Gasteiger partial charge in [0.25, 0.3) is 5.91 Å². The van der Waals surface area contributed by atoms with Crippen molar-refractivity contribution >= 4 is 22.5 Å². The Balaban J connectivity index is 1.96. The van der Waals surface area contributed by atoms with Crippen molar-refractivity contribution in [2.24, 2.45) is 7.05 Å². The Kier molecular flexibility index (Phi) is 2.76. The highest BCUT2D eigenvalue weighted by Gasteiger charge is 2.09. The van der Waals surface area contributed by atoms with Crippen LogP contribution in [0.2, 0.25) is 0 Å². The van der Waals surface area contributed by atoms with Gasteiger partial charge in [-0.15, -0.1) is 0 Å². The molecule has 4 heteroatoms. The number of amides is 1. The molecule has 0 radical (unpaired) electrons. The zero-order valence-corrected chi connectivity index (χ0v) is 10.5. The molecule has 19 heavy (non-hydrogen) atoms. The van der Waals surface area contributed by atoms with E-state index >= 15 is 0 Å². The molecule has 3 rings (SSSR count). The fraction of sp³-hybridized carbons (Fsp3) is 0.0667. The summed E-state index contributed by atoms with van der Waals surface area (Å²) in [5.41, 5.74) is 2.29. The molecule has 0 spiro atoms. The number of benzene rings is 1. The number of nitrogens with zero attached hydrogens (tertiary/aromatic N) is 2. The van der Waals surface area contributed by atoms with Crippen LogP contribution in [0.15, 0.2) is 54.9 Å². The Labute approximate surface area is 110 Å². The number of carbonyl (C=O) groups excluding carboxylic acids is 1. The Morgan fingerprint density at radius 2 is 2.05 bits per heavy atom. The van der Waals surface area contributed by atoms with E-state index in [9.17, 15) is 4.79 Å². The van der Waals surface area contributed by atoms with Crippen LogP contribution < -0.4 is 5.32 Å². The van der Waals surface area contributed by atoms with E-state index < -0.39 is 0 Å². The van der Waals surface area contributed by atoms with Gasteiger partial charge in [0.05, 0.1) is 5.69 Å². The summed E-state index contributed by atoms with van der Waals surface area (Å²) >= 11 is 0. The van der Waals surface area contributed by atoms with Crippen LogP contribution in [-0.2, 0) is 7.05 Å². The molecule has 0 atom stereocenters. The second-order valence-electron chi connectivity index (χ2n) is 4.33. The van der Waals surface area contributed by atoms with Crippen molar-refractivity contribution in [3.63, 3.8) is 0 Å². The highest BCUT2D eigenvalue weighted by atomic mass is 16.1. The number of pyridine rings is 1. The van der Waals surface area contributed by atoms with Gasteiger partial charge in [-0.25, -0.2) is 0 Å². The number of aryl methyl sites for hydroxylation is 1. The van der Waals surface area contributed by atoms with Crippen LogP contribution in [0.25, 0.3) is 10.9 Å². The maximum absolute atomic E-state index is 12.1. The van der Waals surface area contributed by atoms with Gasteiger partial charge in [0, 0.05) is 30.3 Å². The highest BCUT2D eigenvalue weighted by molar-refractivity contribution is 6.07. The standard InChI is InChI=1S/C15H13N3O/c1-18-10-8-11-12(6-4-7-14(11)18)17-15(19)13-5-2-3-9-16-13/h2-10H,1H3,(H,17,19). The van der Waals surface area contributed by atoms with Crippen molar-refractivity contribution in [2.75, 3.05) is 5.32 Å². The fourth-order valence-electron chi connectivity index (χ4n) is 2.09. The minimum Gasteiger partial charge on any atom is -0.350 e. The van der Waals surface area contributed by atoms with E-state index in [0.717, 1.165) is 16.6 Å². The molecule has 1 amide bonds. The van der Waals surface area contributed by atoms with Gasteiger partial charge in [0.1, 0.15) is 5.69 Å². The van der Waals surface area contributed by atoms with Crippen LogP contribution in [0, 0.1) is 0 Å². The fourth-order valence-corrected chi connectivity index (χ4v) is 2.09. The van der Waals surface area contributed by atoms with Gasteiger partial charge in [-0.3, -0.25) is 9.78 Å². The summed E-state index contributed by atoms with van der Waals surface area (Å²) in [4.78, 5) is 16.1. The number of hydrogen-bond acceptors (Lipinski definition) is 2. The number of aromatic nitrogens is 2. The summed E-state index contributed by atoms with van der Waals surface area (Å²) in [5, 5.41) is 3.92. The summed E-state index contributed by atoms with van der Waals surface area (Å²) in [6, 6.07) is 13.1. The van der Waals surface area contributed by atoms with E-state index in [1.807, 2.05) is 42.1 Å². The monoisotopic (exact) mass is 251 g/mol. The highest BCUT2D eigenvalue weighted by Crippen LogP contribution is 2.24. The normalized spacial score (nSPS) is 10.6. The van der Waals surface area contributed by atoms with Crippen molar-refractivity contribution in [3.8, 4) is 0 Å². The van der Waals surface area contributed by atoms with E-state index in [0.29, 0.717) is 5.69 Å². The Morgan fingerprint density at radius 1 is 1.16 bits per heavy atom. The maximum Gasteiger partial charge on any atom is 0.274 e. The second-order valence-corrected chi connectivity index (χ2v) is 4.33. The van der Waals surface area contributed by atoms with Gasteiger partial charge in [0.15, 0.2) is 0 Å². The van der Waals surface area contributed by atoms with E-state index in [4.69, 9.17) is 0 Å². The van der Waals surface area contributed by atoms with Gasteiger partial charge in [-0.2, -0.15) is 0 Å². The first-order chi connectivity index (χ1) is 9.25. The van der Waals surface area contributed by atoms with Crippen molar-refractivity contribution in [1.82, 2.24) is 9.55 Å². The number of nitrogens with one attached hydrogen (secondary N) is 1. The van der Waals surface area contributed by atoms with Gasteiger partial charge in [-0.1, -0.05) is 12.1 Å². The molecule has 3 aromatic rings. The average molecular weight is 251 g/mol. The first-order valence-electron chi connectivity index (χ1n) is 6.02. The summed E-state index contributed by atoms with van der Waals surface area (Å²) in [6.07, 6.45) is 3.58. The molecule has 1 N–H and O–H groups in total. The van der Waals surface area contributed by atoms with E-state index in [1.165, 1.54) is 0 Å². The molecule has 0 aliphatic carbocycles. The minimum absolute atomic E-state index is 0.197. The molecule has 2 heterocycles. The van der Waals surface area contributed by atoms with Crippen LogP contribution in [-0.4, -0.2) is 15.5 Å². The van der Waals surface area contributed by atoms with Gasteiger partial charge in [-0.05, 0) is 30.3 Å². The summed E-state index contributed by atoms with van der Waals surface area (Å²) < 4.78 is 2.02. The quantitative estimate of drug-likeness (QED) is 0.761. The largest absolute Gasteiger partial charge is 0.350 e. The Bertz CT molecular complexity index is 731. The molecule has 4 nitrogen and oxygen atoms in total. The molecule has 0 saturated carbocycles. The lowest BCUT2D eigenvalue weighted by atomic mass is 10.2. The molecule has 0 aliphatic rings. The van der Waals surface area contributed by atoms with Crippen LogP contribution in [0.1, 0.15) is 10.5 Å². The van der Waals surface area contributed by atoms with Crippen molar-refractivity contribution in [3.05, 3.63) is 60.6 Å². The Hall–Kier alpha value is -2.62. The molecule has 0 bridgehead atoms. The molecular formula is C15H13N3O. The molecule has 94 valence electrons. The van der Waals surface area contributed by atoms with Gasteiger partial charge >= 0.3 is 0 Å². The number of rotatable bonds is 2. The summed E-state index contributed by atoms with van der Waals surface area (Å²) in [6.45, 7) is 0. The van der Waals surface area contributed by atoms with Gasteiger partial charge in [0.2, 0.25) is 0 Å². The SMILES string of the molecule is Cn1ccc2c(NC(=O)c3ccccn3)cccc21. The molecule has 1 aromatic carbocycles.